The topological polar surface area (TPSA) is 188 Å². The van der Waals surface area contributed by atoms with Crippen LogP contribution in [0.2, 0.25) is 0 Å². The second-order valence-electron chi connectivity index (χ2n) is 27.0. The fraction of sp³-hybridized carbons (Fsp3) is 0.0215. The van der Waals surface area contributed by atoms with Crippen LogP contribution >= 0.6 is 0 Å². The summed E-state index contributed by atoms with van der Waals surface area (Å²) in [5.41, 5.74) is 4.42. The highest BCUT2D eigenvalue weighted by Gasteiger charge is 2.39. The van der Waals surface area contributed by atoms with Crippen LogP contribution in [0, 0.1) is 11.3 Å². The van der Waals surface area contributed by atoms with Crippen LogP contribution < -0.4 is 0 Å². The molecule has 0 radical (unpaired) electrons. The molecular weight excluding hydrogens is 1440 g/mol. The lowest BCUT2D eigenvalue weighted by Crippen LogP contribution is -2.12. The van der Waals surface area contributed by atoms with Gasteiger partial charge in [0.2, 0.25) is 0 Å². The molecule has 6 aromatic heterocycles. The minimum Gasteiger partial charge on any atom is -0.308 e. The molecule has 13 aromatic carbocycles. The number of alkyl halides is 6. The molecular formula is C93H53F6N15. The lowest BCUT2D eigenvalue weighted by Gasteiger charge is -2.21. The van der Waals surface area contributed by atoms with Crippen LogP contribution in [-0.4, -0.2) is 68.9 Å². The first kappa shape index (κ1) is 69.1. The van der Waals surface area contributed by atoms with Crippen molar-refractivity contribution in [2.45, 2.75) is 12.4 Å². The van der Waals surface area contributed by atoms with E-state index in [1.807, 2.05) is 285 Å². The van der Waals surface area contributed by atoms with Crippen molar-refractivity contribution in [2.24, 2.45) is 0 Å². The number of nitriles is 1. The maximum Gasteiger partial charge on any atom is 0.417 e. The molecule has 0 spiro atoms. The zero-order chi connectivity index (χ0) is 77.2. The van der Waals surface area contributed by atoms with Crippen LogP contribution in [0.15, 0.2) is 322 Å². The minimum absolute atomic E-state index is 0.00765. The number of fused-ring (bicyclic) bond motifs is 6. The zero-order valence-corrected chi connectivity index (χ0v) is 59.6. The SMILES string of the molecule is N#Cc1c(-n2c3cc(-c4ncnc(-c5ccccc5)n4)ccc3c3ccc(-c4nc(-c5ccccc5)nc(-c5ccccc5)n4)cc32)cc(-c2ccc(C(F)(F)F)cc2C(F)(F)F)cc1-n1c2cc(-c3nc(-c4ccccc4)nc(-c4ccccc4)n3)ccc2c2ccc(-c3nc(-c4ccccc4)nc(-c4ccccc4)n3)cc21. The third-order valence-corrected chi connectivity index (χ3v) is 19.9. The highest BCUT2D eigenvalue weighted by atomic mass is 19.4. The summed E-state index contributed by atoms with van der Waals surface area (Å²) in [6.07, 6.45) is -9.17. The maximum atomic E-state index is 16.3. The lowest BCUT2D eigenvalue weighted by molar-refractivity contribution is -0.142. The van der Waals surface area contributed by atoms with E-state index >= 15 is 26.3 Å². The number of hydrogen-bond acceptors (Lipinski definition) is 13. The number of benzene rings is 13. The molecule has 19 aromatic rings. The monoisotopic (exact) mass is 1490 g/mol. The van der Waals surface area contributed by atoms with Gasteiger partial charge in [0, 0.05) is 82.7 Å². The fourth-order valence-electron chi connectivity index (χ4n) is 14.5. The van der Waals surface area contributed by atoms with Gasteiger partial charge in [-0.2, -0.15) is 31.6 Å². The molecule has 15 nitrogen and oxygen atoms in total. The lowest BCUT2D eigenvalue weighted by atomic mass is 9.94. The van der Waals surface area contributed by atoms with Gasteiger partial charge in [-0.1, -0.05) is 267 Å². The molecule has 0 fully saturated rings. The van der Waals surface area contributed by atoms with Crippen LogP contribution in [0.25, 0.3) is 191 Å². The van der Waals surface area contributed by atoms with E-state index in [0.717, 1.165) is 6.07 Å². The van der Waals surface area contributed by atoms with Crippen molar-refractivity contribution in [1.29, 1.82) is 5.26 Å². The van der Waals surface area contributed by atoms with Crippen LogP contribution in [-0.2, 0) is 12.4 Å². The second-order valence-corrected chi connectivity index (χ2v) is 27.0. The normalized spacial score (nSPS) is 11.8. The fourth-order valence-corrected chi connectivity index (χ4v) is 14.5. The van der Waals surface area contributed by atoms with Gasteiger partial charge in [0.15, 0.2) is 64.1 Å². The predicted octanol–water partition coefficient (Wildman–Crippen LogP) is 22.5. The summed E-state index contributed by atoms with van der Waals surface area (Å²) in [7, 11) is 0. The first-order valence-electron chi connectivity index (χ1n) is 36.1. The molecule has 0 aliphatic rings. The van der Waals surface area contributed by atoms with Gasteiger partial charge in [-0.15, -0.1) is 0 Å². The van der Waals surface area contributed by atoms with E-state index in [2.05, 4.69) is 16.0 Å². The molecule has 542 valence electrons. The van der Waals surface area contributed by atoms with E-state index in [4.69, 9.17) is 49.8 Å². The van der Waals surface area contributed by atoms with E-state index in [0.29, 0.717) is 152 Å². The molecule has 0 unspecified atom stereocenters. The molecule has 6 heterocycles. The smallest absolute Gasteiger partial charge is 0.308 e. The highest BCUT2D eigenvalue weighted by molar-refractivity contribution is 6.13. The minimum atomic E-state index is -5.38. The molecule has 0 atom stereocenters. The Morgan fingerprint density at radius 1 is 0.246 bits per heavy atom. The van der Waals surface area contributed by atoms with E-state index < -0.39 is 29.0 Å². The molecule has 0 aliphatic heterocycles. The summed E-state index contributed by atoms with van der Waals surface area (Å²) in [5, 5.41) is 15.1. The molecule has 0 saturated carbocycles. The molecule has 0 aliphatic carbocycles. The van der Waals surface area contributed by atoms with Gasteiger partial charge >= 0.3 is 12.4 Å². The molecule has 0 amide bonds. The van der Waals surface area contributed by atoms with Gasteiger partial charge in [0.05, 0.1) is 44.6 Å². The maximum absolute atomic E-state index is 16.3. The van der Waals surface area contributed by atoms with E-state index in [9.17, 15) is 5.26 Å². The molecule has 0 N–H and O–H groups in total. The first-order valence-corrected chi connectivity index (χ1v) is 36.1. The van der Waals surface area contributed by atoms with Crippen LogP contribution in [0.3, 0.4) is 0 Å². The van der Waals surface area contributed by atoms with Crippen molar-refractivity contribution in [1.82, 2.24) is 68.9 Å². The quantitative estimate of drug-likeness (QED) is 0.0936. The summed E-state index contributed by atoms with van der Waals surface area (Å²) < 4.78 is 97.5. The van der Waals surface area contributed by atoms with E-state index in [-0.39, 0.29) is 51.9 Å². The number of rotatable bonds is 14. The third-order valence-electron chi connectivity index (χ3n) is 19.9. The number of aromatic nitrogens is 14. The van der Waals surface area contributed by atoms with E-state index in [1.54, 1.807) is 9.13 Å². The van der Waals surface area contributed by atoms with Crippen molar-refractivity contribution in [2.75, 3.05) is 0 Å². The van der Waals surface area contributed by atoms with Gasteiger partial charge in [-0.05, 0) is 59.7 Å². The summed E-state index contributed by atoms with van der Waals surface area (Å²) in [6, 6.07) is 95.3. The molecule has 114 heavy (non-hydrogen) atoms. The number of halogens is 6. The van der Waals surface area contributed by atoms with Gasteiger partial charge in [-0.25, -0.2) is 59.8 Å². The van der Waals surface area contributed by atoms with E-state index in [1.165, 1.54) is 18.5 Å². The highest BCUT2D eigenvalue weighted by Crippen LogP contribution is 2.47. The third kappa shape index (κ3) is 12.9. The molecule has 19 rings (SSSR count). The summed E-state index contributed by atoms with van der Waals surface area (Å²) in [4.78, 5) is 59.9. The standard InChI is InChI=1S/C93H53F6N15/c94-92(95,96)67-40-45-68(74(52-67)93(97,98)99)66-50-79(113-75-46-62(82-102-54-101-81(103-82)55-22-8-1-9-23-55)36-41-69(75)70-42-37-63(47-76(70)113)89-107-83(56-24-10-2-11-25-56)104-84(108-89)57-26-12-3-13-27-57)73(53-100)80(51-66)114-77-48-64(90-109-85(58-28-14-4-15-29-58)105-86(110-90)59-30-16-5-17-31-59)38-43-71(77)72-44-39-65(49-78(72)114)91-111-87(60-32-18-6-19-33-60)106-88(112-91)61-34-20-7-21-35-61/h1-52,54H. The largest absolute Gasteiger partial charge is 0.417 e. The van der Waals surface area contributed by atoms with Gasteiger partial charge in [0.1, 0.15) is 18.0 Å². The van der Waals surface area contributed by atoms with Crippen LogP contribution in [0.5, 0.6) is 0 Å². The summed E-state index contributed by atoms with van der Waals surface area (Å²) in [6.45, 7) is 0. The average molecular weight is 1490 g/mol. The Kier molecular flexibility index (Phi) is 17.1. The van der Waals surface area contributed by atoms with Gasteiger partial charge < -0.3 is 9.13 Å². The van der Waals surface area contributed by atoms with Crippen molar-refractivity contribution in [3.63, 3.8) is 0 Å². The predicted molar refractivity (Wildman–Crippen MR) is 429 cm³/mol. The van der Waals surface area contributed by atoms with Crippen molar-refractivity contribution >= 4 is 43.6 Å². The Morgan fingerprint density at radius 2 is 0.500 bits per heavy atom. The summed E-state index contributed by atoms with van der Waals surface area (Å²) >= 11 is 0. The van der Waals surface area contributed by atoms with Gasteiger partial charge in [-0.3, -0.25) is 0 Å². The number of nitrogens with zero attached hydrogens (tertiary/aromatic N) is 15. The first-order chi connectivity index (χ1) is 55.7. The van der Waals surface area contributed by atoms with Gasteiger partial charge in [0.25, 0.3) is 0 Å². The molecule has 0 bridgehead atoms. The van der Waals surface area contributed by atoms with Crippen LogP contribution in [0.1, 0.15) is 16.7 Å². The number of hydrogen-bond donors (Lipinski definition) is 0. The van der Waals surface area contributed by atoms with Crippen molar-refractivity contribution in [3.8, 4) is 154 Å². The van der Waals surface area contributed by atoms with Crippen LogP contribution in [0.4, 0.5) is 26.3 Å². The molecule has 21 heteroatoms. The zero-order valence-electron chi connectivity index (χ0n) is 59.6. The Balaban J connectivity index is 0.942. The average Bonchev–Trinajstić information content (AvgIpc) is 1.42. The Bertz CT molecular complexity index is 6650. The second kappa shape index (κ2) is 28.2. The Hall–Kier alpha value is -15.4. The van der Waals surface area contributed by atoms with Crippen molar-refractivity contribution in [3.05, 3.63) is 338 Å². The van der Waals surface area contributed by atoms with Crippen molar-refractivity contribution < 1.29 is 26.3 Å². The molecule has 0 saturated heterocycles. The Morgan fingerprint density at radius 3 is 0.772 bits per heavy atom. The summed E-state index contributed by atoms with van der Waals surface area (Å²) in [5.74, 6) is 3.56. The Labute approximate surface area is 645 Å².